The fourth-order valence-corrected chi connectivity index (χ4v) is 2.60. The molecule has 0 unspecified atom stereocenters. The van der Waals surface area contributed by atoms with Crippen LogP contribution in [0.25, 0.3) is 0 Å². The number of carbonyl (C=O) groups is 2. The van der Waals surface area contributed by atoms with Gasteiger partial charge in [-0.15, -0.1) is 0 Å². The number of rotatable bonds is 6. The van der Waals surface area contributed by atoms with Crippen molar-refractivity contribution in [2.24, 2.45) is 0 Å². The van der Waals surface area contributed by atoms with Crippen LogP contribution in [0.3, 0.4) is 0 Å². The van der Waals surface area contributed by atoms with Crippen LogP contribution in [-0.4, -0.2) is 45.7 Å². The van der Waals surface area contributed by atoms with Crippen molar-refractivity contribution in [1.29, 1.82) is 0 Å². The molecule has 0 aliphatic carbocycles. The first kappa shape index (κ1) is 15.3. The molecule has 1 aliphatic heterocycles. The van der Waals surface area contributed by atoms with E-state index in [1.807, 2.05) is 32.0 Å². The molecule has 6 heteroatoms. The average Bonchev–Trinajstić information content (AvgIpc) is 2.62. The normalized spacial score (nSPS) is 15.6. The number of hydrogen-bond acceptors (Lipinski definition) is 4. The van der Waals surface area contributed by atoms with Gasteiger partial charge in [0.2, 0.25) is 0 Å². The Hall–Kier alpha value is -2.08. The zero-order chi connectivity index (χ0) is 15.6. The van der Waals surface area contributed by atoms with Crippen molar-refractivity contribution in [3.05, 3.63) is 29.3 Å². The lowest BCUT2D eigenvalue weighted by atomic mass is 10.0. The number of para-hydroxylation sites is 1. The minimum Gasteiger partial charge on any atom is -0.487 e. The van der Waals surface area contributed by atoms with E-state index in [-0.39, 0.29) is 25.2 Å². The highest BCUT2D eigenvalue weighted by Gasteiger charge is 2.32. The number of aliphatic carboxylic acids is 2. The minimum atomic E-state index is -1.05. The van der Waals surface area contributed by atoms with Crippen LogP contribution in [0, 0.1) is 0 Å². The highest BCUT2D eigenvalue weighted by atomic mass is 16.5. The molecule has 1 heterocycles. The molecule has 0 saturated heterocycles. The summed E-state index contributed by atoms with van der Waals surface area (Å²) in [6.07, 6.45) is 0.786. The third kappa shape index (κ3) is 3.95. The van der Waals surface area contributed by atoms with Gasteiger partial charge in [-0.25, -0.2) is 0 Å². The highest BCUT2D eigenvalue weighted by Crippen LogP contribution is 2.37. The van der Waals surface area contributed by atoms with Gasteiger partial charge in [0, 0.05) is 18.5 Å². The van der Waals surface area contributed by atoms with E-state index in [0.717, 1.165) is 23.3 Å². The van der Waals surface area contributed by atoms with Crippen molar-refractivity contribution in [2.45, 2.75) is 32.4 Å². The van der Waals surface area contributed by atoms with Crippen LogP contribution >= 0.6 is 0 Å². The zero-order valence-electron chi connectivity index (χ0n) is 12.1. The van der Waals surface area contributed by atoms with Crippen molar-refractivity contribution in [3.63, 3.8) is 0 Å². The molecule has 0 radical (unpaired) electrons. The summed E-state index contributed by atoms with van der Waals surface area (Å²) < 4.78 is 5.91. The van der Waals surface area contributed by atoms with Crippen LogP contribution in [0.1, 0.15) is 25.0 Å². The molecule has 1 aromatic carbocycles. The molecule has 6 nitrogen and oxygen atoms in total. The van der Waals surface area contributed by atoms with E-state index in [1.165, 1.54) is 4.90 Å². The van der Waals surface area contributed by atoms with E-state index in [0.29, 0.717) is 0 Å². The van der Waals surface area contributed by atoms with Gasteiger partial charge in [0.1, 0.15) is 11.4 Å². The van der Waals surface area contributed by atoms with Gasteiger partial charge in [0.25, 0.3) is 0 Å². The molecule has 0 aromatic heterocycles. The first-order chi connectivity index (χ1) is 9.77. The maximum atomic E-state index is 10.9. The second-order valence-corrected chi connectivity index (χ2v) is 5.88. The Balaban J connectivity index is 2.20. The molecule has 0 fully saturated rings. The van der Waals surface area contributed by atoms with E-state index in [2.05, 4.69) is 0 Å². The molecule has 21 heavy (non-hydrogen) atoms. The molecule has 0 atom stereocenters. The topological polar surface area (TPSA) is 87.1 Å². The van der Waals surface area contributed by atoms with Crippen molar-refractivity contribution >= 4 is 11.9 Å². The van der Waals surface area contributed by atoms with Gasteiger partial charge in [-0.1, -0.05) is 18.2 Å². The lowest BCUT2D eigenvalue weighted by Crippen LogP contribution is -2.34. The van der Waals surface area contributed by atoms with E-state index >= 15 is 0 Å². The second-order valence-electron chi connectivity index (χ2n) is 5.88. The summed E-state index contributed by atoms with van der Waals surface area (Å²) >= 11 is 0. The summed E-state index contributed by atoms with van der Waals surface area (Å²) in [6, 6.07) is 5.71. The number of carboxylic acids is 2. The predicted molar refractivity (Wildman–Crippen MR) is 75.4 cm³/mol. The van der Waals surface area contributed by atoms with Gasteiger partial charge in [-0.2, -0.15) is 0 Å². The highest BCUT2D eigenvalue weighted by molar-refractivity contribution is 5.72. The van der Waals surface area contributed by atoms with Crippen LogP contribution in [0.4, 0.5) is 0 Å². The Bertz CT molecular complexity index is 551. The number of carboxylic acid groups (broad SMARTS) is 2. The van der Waals surface area contributed by atoms with Gasteiger partial charge >= 0.3 is 11.9 Å². The zero-order valence-corrected chi connectivity index (χ0v) is 12.1. The lowest BCUT2D eigenvalue weighted by Gasteiger charge is -2.21. The summed E-state index contributed by atoms with van der Waals surface area (Å²) in [6.45, 7) is 3.57. The third-order valence-corrected chi connectivity index (χ3v) is 3.28. The Labute approximate surface area is 122 Å². The summed E-state index contributed by atoms with van der Waals surface area (Å²) in [7, 11) is 0. The number of benzene rings is 1. The summed E-state index contributed by atoms with van der Waals surface area (Å²) in [5.41, 5.74) is 1.60. The predicted octanol–water partition coefficient (Wildman–Crippen LogP) is 1.37. The maximum Gasteiger partial charge on any atom is 0.317 e. The van der Waals surface area contributed by atoms with Crippen molar-refractivity contribution in [2.75, 3.05) is 13.1 Å². The van der Waals surface area contributed by atoms with Crippen molar-refractivity contribution in [3.8, 4) is 5.75 Å². The standard InChI is InChI=1S/C15H19NO5/c1-15(2)6-10-4-3-5-11(14(10)21-15)7-16(8-12(17)18)9-13(19)20/h3-5H,6-9H2,1-2H3,(H,17,18)(H,19,20). The number of hydrogen-bond donors (Lipinski definition) is 2. The van der Waals surface area contributed by atoms with E-state index in [9.17, 15) is 9.59 Å². The third-order valence-electron chi connectivity index (χ3n) is 3.28. The van der Waals surface area contributed by atoms with Crippen LogP contribution in [0.5, 0.6) is 5.75 Å². The molecule has 1 aliphatic rings. The van der Waals surface area contributed by atoms with Crippen LogP contribution in [0.2, 0.25) is 0 Å². The summed E-state index contributed by atoms with van der Waals surface area (Å²) in [4.78, 5) is 23.1. The fourth-order valence-electron chi connectivity index (χ4n) is 2.60. The van der Waals surface area contributed by atoms with Crippen LogP contribution in [0.15, 0.2) is 18.2 Å². The van der Waals surface area contributed by atoms with Crippen LogP contribution < -0.4 is 4.74 Å². The fraction of sp³-hybridized carbons (Fsp3) is 0.467. The maximum absolute atomic E-state index is 10.9. The molecular formula is C15H19NO5. The second kappa shape index (κ2) is 5.73. The van der Waals surface area contributed by atoms with Gasteiger partial charge in [0.05, 0.1) is 13.1 Å². The molecule has 0 bridgehead atoms. The first-order valence-corrected chi connectivity index (χ1v) is 6.72. The Kier molecular flexibility index (Phi) is 4.18. The first-order valence-electron chi connectivity index (χ1n) is 6.72. The van der Waals surface area contributed by atoms with Gasteiger partial charge in [-0.05, 0) is 19.4 Å². The molecule has 0 spiro atoms. The molecule has 0 amide bonds. The van der Waals surface area contributed by atoms with Crippen molar-refractivity contribution < 1.29 is 24.5 Å². The van der Waals surface area contributed by atoms with Gasteiger partial charge < -0.3 is 14.9 Å². The molecule has 2 rings (SSSR count). The smallest absolute Gasteiger partial charge is 0.317 e. The van der Waals surface area contributed by atoms with Gasteiger partial charge in [-0.3, -0.25) is 14.5 Å². The van der Waals surface area contributed by atoms with Crippen LogP contribution in [-0.2, 0) is 22.6 Å². The number of nitrogens with zero attached hydrogens (tertiary/aromatic N) is 1. The minimum absolute atomic E-state index is 0.234. The van der Waals surface area contributed by atoms with E-state index < -0.39 is 11.9 Å². The molecule has 0 saturated carbocycles. The molecule has 1 aromatic rings. The summed E-state index contributed by atoms with van der Waals surface area (Å²) in [5.74, 6) is -1.35. The Morgan fingerprint density at radius 3 is 2.43 bits per heavy atom. The average molecular weight is 293 g/mol. The summed E-state index contributed by atoms with van der Waals surface area (Å²) in [5, 5.41) is 17.8. The monoisotopic (exact) mass is 293 g/mol. The molecular weight excluding hydrogens is 274 g/mol. The largest absolute Gasteiger partial charge is 0.487 e. The molecule has 114 valence electrons. The van der Waals surface area contributed by atoms with E-state index in [1.54, 1.807) is 0 Å². The van der Waals surface area contributed by atoms with Crippen molar-refractivity contribution in [1.82, 2.24) is 4.90 Å². The quantitative estimate of drug-likeness (QED) is 0.823. The Morgan fingerprint density at radius 1 is 1.24 bits per heavy atom. The van der Waals surface area contributed by atoms with Gasteiger partial charge in [0.15, 0.2) is 0 Å². The van der Waals surface area contributed by atoms with E-state index in [4.69, 9.17) is 14.9 Å². The lowest BCUT2D eigenvalue weighted by molar-refractivity contribution is -0.142. The SMILES string of the molecule is CC1(C)Cc2cccc(CN(CC(=O)O)CC(=O)O)c2O1. The Morgan fingerprint density at radius 2 is 1.86 bits per heavy atom. The molecule has 2 N–H and O–H groups in total. The number of fused-ring (bicyclic) bond motifs is 1. The number of ether oxygens (including phenoxy) is 1.